The van der Waals surface area contributed by atoms with Gasteiger partial charge in [0.25, 0.3) is 5.91 Å². The first-order valence-electron chi connectivity index (χ1n) is 5.64. The lowest BCUT2D eigenvalue weighted by molar-refractivity contribution is -0.114. The van der Waals surface area contributed by atoms with Crippen molar-refractivity contribution < 1.29 is 4.79 Å². The number of carbonyl (C=O) groups excluding carboxylic acids is 1. The summed E-state index contributed by atoms with van der Waals surface area (Å²) in [4.78, 5) is 21.6. The molecule has 0 atom stereocenters. The highest BCUT2D eigenvalue weighted by Crippen LogP contribution is 2.23. The Hall–Kier alpha value is -2.14. The Kier molecular flexibility index (Phi) is 5.75. The number of nitrogens with zero attached hydrogens (tertiary/aromatic N) is 3. The summed E-state index contributed by atoms with van der Waals surface area (Å²) in [6.07, 6.45) is 8.71. The molecule has 0 aliphatic carbocycles. The van der Waals surface area contributed by atoms with Crippen molar-refractivity contribution in [3.8, 4) is 0 Å². The van der Waals surface area contributed by atoms with Gasteiger partial charge >= 0.3 is 0 Å². The predicted octanol–water partition coefficient (Wildman–Crippen LogP) is 2.07. The van der Waals surface area contributed by atoms with Crippen molar-refractivity contribution in [1.29, 1.82) is 0 Å². The number of rotatable bonds is 5. The molecule has 0 saturated carbocycles. The third-order valence-electron chi connectivity index (χ3n) is 2.32. The summed E-state index contributed by atoms with van der Waals surface area (Å²) >= 11 is 5.97. The van der Waals surface area contributed by atoms with E-state index < -0.39 is 0 Å². The van der Waals surface area contributed by atoms with Crippen molar-refractivity contribution in [2.75, 3.05) is 11.4 Å². The Balaban J connectivity index is 3.17. The van der Waals surface area contributed by atoms with Gasteiger partial charge in [-0.25, -0.2) is 9.97 Å². The zero-order valence-electron chi connectivity index (χ0n) is 10.6. The van der Waals surface area contributed by atoms with E-state index in [1.807, 2.05) is 6.92 Å². The molecule has 5 nitrogen and oxygen atoms in total. The zero-order chi connectivity index (χ0) is 14.3. The molecule has 100 valence electrons. The molecule has 1 rings (SSSR count). The summed E-state index contributed by atoms with van der Waals surface area (Å²) in [7, 11) is 0. The molecule has 1 heterocycles. The first-order chi connectivity index (χ1) is 9.15. The van der Waals surface area contributed by atoms with E-state index in [0.717, 1.165) is 0 Å². The van der Waals surface area contributed by atoms with Crippen LogP contribution in [0.4, 0.5) is 5.69 Å². The summed E-state index contributed by atoms with van der Waals surface area (Å²) in [6.45, 7) is 5.83. The van der Waals surface area contributed by atoms with Crippen LogP contribution < -0.4 is 10.6 Å². The van der Waals surface area contributed by atoms with Gasteiger partial charge in [0.1, 0.15) is 12.0 Å². The van der Waals surface area contributed by atoms with Gasteiger partial charge in [-0.2, -0.15) is 0 Å². The number of aromatic nitrogens is 2. The summed E-state index contributed by atoms with van der Waals surface area (Å²) < 4.78 is 0. The molecule has 0 aromatic carbocycles. The number of nitrogens with two attached hydrogens (primary N) is 1. The van der Waals surface area contributed by atoms with Gasteiger partial charge < -0.3 is 10.6 Å². The van der Waals surface area contributed by atoms with Crippen LogP contribution in [-0.2, 0) is 4.79 Å². The Morgan fingerprint density at radius 1 is 1.63 bits per heavy atom. The lowest BCUT2D eigenvalue weighted by atomic mass is 10.2. The van der Waals surface area contributed by atoms with E-state index in [1.54, 1.807) is 6.08 Å². The standard InChI is InChI=1S/C13H15ClN4O/c1-3-5-10(6-7-15)13(19)18(4-2)11-8-16-9-17-12(11)14/h3,5-9H,1,4,15H2,2H3/b7-6-,10-5+. The van der Waals surface area contributed by atoms with Crippen molar-refractivity contribution >= 4 is 23.2 Å². The van der Waals surface area contributed by atoms with Crippen molar-refractivity contribution in [2.45, 2.75) is 6.92 Å². The summed E-state index contributed by atoms with van der Waals surface area (Å²) in [6, 6.07) is 0. The highest BCUT2D eigenvalue weighted by Gasteiger charge is 2.19. The highest BCUT2D eigenvalue weighted by molar-refractivity contribution is 6.32. The molecule has 0 unspecified atom stereocenters. The van der Waals surface area contributed by atoms with Crippen LogP contribution in [0.5, 0.6) is 0 Å². The van der Waals surface area contributed by atoms with E-state index in [9.17, 15) is 4.79 Å². The molecule has 1 amide bonds. The van der Waals surface area contributed by atoms with Crippen LogP contribution in [0.3, 0.4) is 0 Å². The van der Waals surface area contributed by atoms with Crippen LogP contribution >= 0.6 is 11.6 Å². The Morgan fingerprint density at radius 2 is 2.37 bits per heavy atom. The zero-order valence-corrected chi connectivity index (χ0v) is 11.3. The second kappa shape index (κ2) is 7.33. The monoisotopic (exact) mass is 278 g/mol. The first kappa shape index (κ1) is 14.9. The minimum atomic E-state index is -0.249. The summed E-state index contributed by atoms with van der Waals surface area (Å²) in [5.41, 5.74) is 6.19. The van der Waals surface area contributed by atoms with Gasteiger partial charge in [-0.05, 0) is 25.3 Å². The molecule has 0 aliphatic rings. The molecular weight excluding hydrogens is 264 g/mol. The number of allylic oxidation sites excluding steroid dienone is 2. The summed E-state index contributed by atoms with van der Waals surface area (Å²) in [5.74, 6) is -0.249. The third kappa shape index (κ3) is 3.66. The smallest absolute Gasteiger partial charge is 0.258 e. The fraction of sp³-hybridized carbons (Fsp3) is 0.154. The second-order valence-electron chi connectivity index (χ2n) is 3.47. The number of hydrogen-bond acceptors (Lipinski definition) is 4. The molecule has 19 heavy (non-hydrogen) atoms. The number of hydrogen-bond donors (Lipinski definition) is 1. The Bertz CT molecular complexity index is 525. The molecule has 2 N–H and O–H groups in total. The molecule has 0 saturated heterocycles. The maximum absolute atomic E-state index is 12.4. The van der Waals surface area contributed by atoms with Gasteiger partial charge in [0.15, 0.2) is 5.15 Å². The van der Waals surface area contributed by atoms with Crippen LogP contribution in [0, 0.1) is 0 Å². The molecule has 1 aromatic heterocycles. The van der Waals surface area contributed by atoms with Crippen LogP contribution in [0.1, 0.15) is 6.92 Å². The number of anilines is 1. The van der Waals surface area contributed by atoms with E-state index in [-0.39, 0.29) is 11.1 Å². The maximum atomic E-state index is 12.4. The fourth-order valence-electron chi connectivity index (χ4n) is 1.50. The van der Waals surface area contributed by atoms with E-state index >= 15 is 0 Å². The predicted molar refractivity (Wildman–Crippen MR) is 76.7 cm³/mol. The number of amides is 1. The van der Waals surface area contributed by atoms with Crippen molar-refractivity contribution in [2.24, 2.45) is 5.73 Å². The molecule has 0 fully saturated rings. The van der Waals surface area contributed by atoms with E-state index in [2.05, 4.69) is 16.5 Å². The van der Waals surface area contributed by atoms with Crippen LogP contribution in [0.2, 0.25) is 5.15 Å². The Morgan fingerprint density at radius 3 is 2.89 bits per heavy atom. The fourth-order valence-corrected chi connectivity index (χ4v) is 1.69. The third-order valence-corrected chi connectivity index (χ3v) is 2.61. The van der Waals surface area contributed by atoms with Gasteiger partial charge in [0.2, 0.25) is 0 Å². The minimum Gasteiger partial charge on any atom is -0.405 e. The topological polar surface area (TPSA) is 72.1 Å². The average Bonchev–Trinajstić information content (AvgIpc) is 2.41. The van der Waals surface area contributed by atoms with Gasteiger partial charge in [0, 0.05) is 12.1 Å². The van der Waals surface area contributed by atoms with Crippen LogP contribution in [0.25, 0.3) is 0 Å². The molecule has 0 aliphatic heterocycles. The number of carbonyl (C=O) groups is 1. The van der Waals surface area contributed by atoms with Gasteiger partial charge in [-0.1, -0.05) is 24.3 Å². The van der Waals surface area contributed by atoms with Crippen molar-refractivity contribution in [1.82, 2.24) is 9.97 Å². The van der Waals surface area contributed by atoms with E-state index in [4.69, 9.17) is 17.3 Å². The van der Waals surface area contributed by atoms with E-state index in [1.165, 1.54) is 35.8 Å². The molecule has 0 bridgehead atoms. The molecule has 0 radical (unpaired) electrons. The lowest BCUT2D eigenvalue weighted by Crippen LogP contribution is -2.32. The van der Waals surface area contributed by atoms with E-state index in [0.29, 0.717) is 17.8 Å². The number of halogens is 1. The Labute approximate surface area is 117 Å². The quantitative estimate of drug-likeness (QED) is 0.508. The van der Waals surface area contributed by atoms with Gasteiger partial charge in [-0.15, -0.1) is 0 Å². The molecule has 6 heteroatoms. The number of likely N-dealkylation sites (N-methyl/N-ethyl adjacent to an activating group) is 1. The maximum Gasteiger partial charge on any atom is 0.258 e. The van der Waals surface area contributed by atoms with Crippen LogP contribution in [-0.4, -0.2) is 22.4 Å². The van der Waals surface area contributed by atoms with Crippen LogP contribution in [0.15, 0.2) is 49.1 Å². The minimum absolute atomic E-state index is 0.222. The van der Waals surface area contributed by atoms with Gasteiger partial charge in [-0.3, -0.25) is 4.79 Å². The second-order valence-corrected chi connectivity index (χ2v) is 3.82. The molecular formula is C13H15ClN4O. The molecule has 1 aromatic rings. The van der Waals surface area contributed by atoms with Crippen molar-refractivity contribution in [3.05, 3.63) is 54.3 Å². The highest BCUT2D eigenvalue weighted by atomic mass is 35.5. The van der Waals surface area contributed by atoms with Gasteiger partial charge in [0.05, 0.1) is 6.20 Å². The normalized spacial score (nSPS) is 11.6. The summed E-state index contributed by atoms with van der Waals surface area (Å²) in [5, 5.41) is 0.222. The SMILES string of the molecule is C=C/C=C(\C=C/N)C(=O)N(CC)c1cncnc1Cl. The average molecular weight is 279 g/mol. The molecule has 0 spiro atoms. The largest absolute Gasteiger partial charge is 0.405 e. The van der Waals surface area contributed by atoms with Crippen molar-refractivity contribution in [3.63, 3.8) is 0 Å². The lowest BCUT2D eigenvalue weighted by Gasteiger charge is -2.21. The first-order valence-corrected chi connectivity index (χ1v) is 6.01.